The van der Waals surface area contributed by atoms with Gasteiger partial charge in [0.15, 0.2) is 0 Å². The van der Waals surface area contributed by atoms with Crippen LogP contribution in [0.15, 0.2) is 48.7 Å². The van der Waals surface area contributed by atoms with Crippen LogP contribution in [0.1, 0.15) is 56.2 Å². The smallest absolute Gasteiger partial charge is 0.225 e. The summed E-state index contributed by atoms with van der Waals surface area (Å²) in [6.07, 6.45) is 10.9. The number of rotatable bonds is 9. The molecule has 2 fully saturated rings. The quantitative estimate of drug-likeness (QED) is 0.543. The maximum absolute atomic E-state index is 12.9. The molecule has 2 aromatic rings. The Morgan fingerprint density at radius 3 is 2.64 bits per heavy atom. The third-order valence-corrected chi connectivity index (χ3v) is 7.12. The van der Waals surface area contributed by atoms with Crippen LogP contribution in [0.2, 0.25) is 0 Å². The van der Waals surface area contributed by atoms with Crippen molar-refractivity contribution >= 4 is 5.91 Å². The highest BCUT2D eigenvalue weighted by Gasteiger charge is 2.29. The molecular formula is C28H39N3O2. The van der Waals surface area contributed by atoms with E-state index in [0.717, 1.165) is 69.7 Å². The zero-order chi connectivity index (χ0) is 22.9. The van der Waals surface area contributed by atoms with E-state index >= 15 is 0 Å². The van der Waals surface area contributed by atoms with Gasteiger partial charge in [-0.05, 0) is 62.6 Å². The molecule has 5 heteroatoms. The molecule has 33 heavy (non-hydrogen) atoms. The molecule has 178 valence electrons. The lowest BCUT2D eigenvalue weighted by atomic mass is 9.87. The Bertz CT molecular complexity index is 849. The summed E-state index contributed by atoms with van der Waals surface area (Å²) in [7, 11) is 2.15. The zero-order valence-corrected chi connectivity index (χ0v) is 20.1. The molecule has 1 aromatic carbocycles. The third kappa shape index (κ3) is 7.29. The third-order valence-electron chi connectivity index (χ3n) is 7.12. The second kappa shape index (κ2) is 12.2. The summed E-state index contributed by atoms with van der Waals surface area (Å²) < 4.78 is 6.12. The first kappa shape index (κ1) is 23.7. The van der Waals surface area contributed by atoms with E-state index in [4.69, 9.17) is 4.74 Å². The summed E-state index contributed by atoms with van der Waals surface area (Å²) in [5, 5.41) is 0. The van der Waals surface area contributed by atoms with Crippen molar-refractivity contribution in [3.8, 4) is 5.75 Å². The molecular weight excluding hydrogens is 410 g/mol. The molecule has 4 rings (SSSR count). The number of benzene rings is 1. The van der Waals surface area contributed by atoms with Crippen molar-refractivity contribution in [2.24, 2.45) is 11.8 Å². The average molecular weight is 450 g/mol. The Balaban J connectivity index is 1.19. The lowest BCUT2D eigenvalue weighted by molar-refractivity contribution is -0.138. The Morgan fingerprint density at radius 2 is 1.88 bits per heavy atom. The van der Waals surface area contributed by atoms with Gasteiger partial charge >= 0.3 is 0 Å². The van der Waals surface area contributed by atoms with E-state index in [1.165, 1.54) is 24.8 Å². The predicted molar refractivity (Wildman–Crippen MR) is 132 cm³/mol. The van der Waals surface area contributed by atoms with E-state index in [2.05, 4.69) is 52.2 Å². The highest BCUT2D eigenvalue weighted by Crippen LogP contribution is 2.28. The van der Waals surface area contributed by atoms with E-state index in [1.807, 2.05) is 18.3 Å². The van der Waals surface area contributed by atoms with Gasteiger partial charge in [-0.3, -0.25) is 9.78 Å². The Labute approximate surface area is 199 Å². The molecule has 1 aliphatic carbocycles. The number of carbonyl (C=O) groups is 1. The Hall–Kier alpha value is -2.40. The predicted octanol–water partition coefficient (Wildman–Crippen LogP) is 4.95. The molecule has 0 bridgehead atoms. The van der Waals surface area contributed by atoms with Crippen molar-refractivity contribution in [2.75, 3.05) is 33.3 Å². The lowest BCUT2D eigenvalue weighted by Gasteiger charge is -2.35. The minimum atomic E-state index is 0.271. The molecule has 1 saturated carbocycles. The molecule has 1 aliphatic heterocycles. The van der Waals surface area contributed by atoms with Crippen molar-refractivity contribution in [1.82, 2.24) is 14.8 Å². The van der Waals surface area contributed by atoms with Crippen LogP contribution in [0.3, 0.4) is 0 Å². The topological polar surface area (TPSA) is 45.7 Å². The van der Waals surface area contributed by atoms with Crippen LogP contribution in [0.25, 0.3) is 0 Å². The number of likely N-dealkylation sites (N-methyl/N-ethyl adjacent to an activating group) is 1. The maximum Gasteiger partial charge on any atom is 0.225 e. The average Bonchev–Trinajstić information content (AvgIpc) is 2.88. The molecule has 2 aliphatic rings. The molecule has 0 unspecified atom stereocenters. The highest BCUT2D eigenvalue weighted by atomic mass is 16.5. The van der Waals surface area contributed by atoms with Gasteiger partial charge in [0.2, 0.25) is 5.91 Å². The van der Waals surface area contributed by atoms with Gasteiger partial charge in [-0.15, -0.1) is 0 Å². The monoisotopic (exact) mass is 449 g/mol. The minimum Gasteiger partial charge on any atom is -0.493 e. The highest BCUT2D eigenvalue weighted by molar-refractivity contribution is 5.79. The first-order chi connectivity index (χ1) is 16.2. The minimum absolute atomic E-state index is 0.271. The van der Waals surface area contributed by atoms with Crippen LogP contribution in [-0.4, -0.2) is 54.0 Å². The fourth-order valence-corrected chi connectivity index (χ4v) is 5.16. The van der Waals surface area contributed by atoms with Gasteiger partial charge in [-0.1, -0.05) is 37.5 Å². The number of likely N-dealkylation sites (tertiary alicyclic amines) is 1. The van der Waals surface area contributed by atoms with Crippen molar-refractivity contribution in [2.45, 2.75) is 57.9 Å². The normalized spacial score (nSPS) is 19.6. The number of piperidine rings is 1. The number of ether oxygens (including phenoxy) is 1. The summed E-state index contributed by atoms with van der Waals surface area (Å²) >= 11 is 0. The summed E-state index contributed by atoms with van der Waals surface area (Å²) in [5.41, 5.74) is 2.42. The Kier molecular flexibility index (Phi) is 8.76. The molecule has 1 aromatic heterocycles. The van der Waals surface area contributed by atoms with Gasteiger partial charge in [-0.25, -0.2) is 0 Å². The lowest BCUT2D eigenvalue weighted by Crippen LogP contribution is -2.44. The second-order valence-corrected chi connectivity index (χ2v) is 9.89. The van der Waals surface area contributed by atoms with Crippen LogP contribution in [0.4, 0.5) is 0 Å². The van der Waals surface area contributed by atoms with Gasteiger partial charge in [-0.2, -0.15) is 0 Å². The maximum atomic E-state index is 12.9. The van der Waals surface area contributed by atoms with E-state index in [9.17, 15) is 4.79 Å². The second-order valence-electron chi connectivity index (χ2n) is 9.89. The largest absolute Gasteiger partial charge is 0.493 e. The first-order valence-corrected chi connectivity index (χ1v) is 12.8. The molecule has 1 atom stereocenters. The number of hydrogen-bond acceptors (Lipinski definition) is 4. The Morgan fingerprint density at radius 1 is 1.06 bits per heavy atom. The fraction of sp³-hybridized carbons (Fsp3) is 0.571. The SMILES string of the molecule is CN(CCc1ccccn1)Cc1ccc(OC[C@@H]2CCCN(C(=O)C3CCCCC3)C2)cc1. The molecule has 0 radical (unpaired) electrons. The molecule has 0 N–H and O–H groups in total. The first-order valence-electron chi connectivity index (χ1n) is 12.8. The van der Waals surface area contributed by atoms with Crippen LogP contribution >= 0.6 is 0 Å². The van der Waals surface area contributed by atoms with Gasteiger partial charge in [0.1, 0.15) is 5.75 Å². The van der Waals surface area contributed by atoms with Crippen molar-refractivity contribution in [1.29, 1.82) is 0 Å². The fourth-order valence-electron chi connectivity index (χ4n) is 5.16. The van der Waals surface area contributed by atoms with E-state index in [0.29, 0.717) is 18.4 Å². The summed E-state index contributed by atoms with van der Waals surface area (Å²) in [6.45, 7) is 4.36. The number of pyridine rings is 1. The zero-order valence-electron chi connectivity index (χ0n) is 20.1. The molecule has 2 heterocycles. The van der Waals surface area contributed by atoms with Gasteiger partial charge < -0.3 is 14.5 Å². The summed E-state index contributed by atoms with van der Waals surface area (Å²) in [4.78, 5) is 21.8. The van der Waals surface area contributed by atoms with Crippen LogP contribution in [-0.2, 0) is 17.8 Å². The van der Waals surface area contributed by atoms with Gasteiger partial charge in [0, 0.05) is 56.3 Å². The number of amides is 1. The number of hydrogen-bond donors (Lipinski definition) is 0. The van der Waals surface area contributed by atoms with Crippen molar-refractivity contribution < 1.29 is 9.53 Å². The van der Waals surface area contributed by atoms with E-state index < -0.39 is 0 Å². The van der Waals surface area contributed by atoms with Gasteiger partial charge in [0.25, 0.3) is 0 Å². The number of carbonyl (C=O) groups excluding carboxylic acids is 1. The van der Waals surface area contributed by atoms with E-state index in [1.54, 1.807) is 0 Å². The summed E-state index contributed by atoms with van der Waals surface area (Å²) in [6, 6.07) is 14.6. The number of nitrogens with zero attached hydrogens (tertiary/aromatic N) is 3. The van der Waals surface area contributed by atoms with Gasteiger partial charge in [0.05, 0.1) is 6.61 Å². The number of aromatic nitrogens is 1. The van der Waals surface area contributed by atoms with Crippen molar-refractivity contribution in [3.63, 3.8) is 0 Å². The van der Waals surface area contributed by atoms with Crippen LogP contribution < -0.4 is 4.74 Å². The molecule has 1 saturated heterocycles. The van der Waals surface area contributed by atoms with Crippen LogP contribution in [0.5, 0.6) is 5.75 Å². The van der Waals surface area contributed by atoms with Crippen molar-refractivity contribution in [3.05, 3.63) is 59.9 Å². The van der Waals surface area contributed by atoms with E-state index in [-0.39, 0.29) is 5.92 Å². The molecule has 5 nitrogen and oxygen atoms in total. The summed E-state index contributed by atoms with van der Waals surface area (Å²) in [5.74, 6) is 2.03. The standard InChI is InChI=1S/C28H39N3O2/c1-30(19-16-26-11-5-6-17-29-26)20-23-12-14-27(15-13-23)33-22-24-8-7-18-31(21-24)28(32)25-9-3-2-4-10-25/h5-6,11-15,17,24-25H,2-4,7-10,16,18-22H2,1H3/t24-/m1/s1. The molecule has 1 amide bonds. The van der Waals surface area contributed by atoms with Crippen LogP contribution in [0, 0.1) is 11.8 Å². The molecule has 0 spiro atoms.